The maximum atomic E-state index is 13.0. The van der Waals surface area contributed by atoms with E-state index in [9.17, 15) is 22.8 Å². The Morgan fingerprint density at radius 1 is 1.15 bits per heavy atom. The number of amides is 1. The van der Waals surface area contributed by atoms with Gasteiger partial charge in [-0.2, -0.15) is 13.2 Å². The zero-order valence-corrected chi connectivity index (χ0v) is 10.1. The van der Waals surface area contributed by atoms with Gasteiger partial charge in [0.05, 0.1) is 16.7 Å². The Hall–Kier alpha value is -2.31. The second-order valence-corrected chi connectivity index (χ2v) is 4.24. The summed E-state index contributed by atoms with van der Waals surface area (Å²) in [6, 6.07) is 2.39. The molecule has 106 valence electrons. The molecule has 0 aliphatic carbocycles. The van der Waals surface area contributed by atoms with Crippen molar-refractivity contribution in [2.24, 2.45) is 0 Å². The third kappa shape index (κ3) is 2.66. The van der Waals surface area contributed by atoms with Crippen molar-refractivity contribution in [3.63, 3.8) is 0 Å². The van der Waals surface area contributed by atoms with Gasteiger partial charge in [-0.05, 0) is 18.2 Å². The van der Waals surface area contributed by atoms with Crippen LogP contribution in [0.2, 0.25) is 0 Å². The Morgan fingerprint density at radius 2 is 1.75 bits per heavy atom. The van der Waals surface area contributed by atoms with Crippen LogP contribution in [0.3, 0.4) is 0 Å². The van der Waals surface area contributed by atoms with Crippen molar-refractivity contribution in [3.05, 3.63) is 47.0 Å². The Bertz CT molecular complexity index is 585. The average molecular weight is 285 g/mol. The minimum Gasteiger partial charge on any atom is -0.478 e. The van der Waals surface area contributed by atoms with Crippen molar-refractivity contribution in [3.8, 4) is 0 Å². The normalized spacial score (nSPS) is 14.7. The first kappa shape index (κ1) is 14.1. The molecule has 4 nitrogen and oxygen atoms in total. The molecule has 0 aromatic heterocycles. The molecule has 0 bridgehead atoms. The van der Waals surface area contributed by atoms with Gasteiger partial charge >= 0.3 is 12.1 Å². The molecule has 0 atom stereocenters. The van der Waals surface area contributed by atoms with Crippen LogP contribution in [0.1, 0.15) is 26.3 Å². The predicted molar refractivity (Wildman–Crippen MR) is 63.4 cm³/mol. The molecule has 1 heterocycles. The summed E-state index contributed by atoms with van der Waals surface area (Å²) < 4.78 is 38.9. The van der Waals surface area contributed by atoms with Gasteiger partial charge in [-0.3, -0.25) is 4.79 Å². The largest absolute Gasteiger partial charge is 0.478 e. The lowest BCUT2D eigenvalue weighted by atomic mass is 10.0. The molecule has 20 heavy (non-hydrogen) atoms. The van der Waals surface area contributed by atoms with Crippen LogP contribution >= 0.6 is 0 Å². The minimum absolute atomic E-state index is 0.247. The highest BCUT2D eigenvalue weighted by Crippen LogP contribution is 2.33. The third-order valence-electron chi connectivity index (χ3n) is 2.91. The van der Waals surface area contributed by atoms with E-state index in [4.69, 9.17) is 5.11 Å². The van der Waals surface area contributed by atoms with Gasteiger partial charge in [0, 0.05) is 13.1 Å². The Labute approximate surface area is 112 Å². The number of hydrogen-bond acceptors (Lipinski definition) is 2. The van der Waals surface area contributed by atoms with Gasteiger partial charge in [-0.15, -0.1) is 0 Å². The van der Waals surface area contributed by atoms with Crippen molar-refractivity contribution in [1.29, 1.82) is 0 Å². The highest BCUT2D eigenvalue weighted by Gasteiger charge is 2.37. The van der Waals surface area contributed by atoms with E-state index in [2.05, 4.69) is 0 Å². The molecule has 1 N–H and O–H groups in total. The molecule has 0 saturated carbocycles. The number of benzene rings is 1. The minimum atomic E-state index is -4.79. The molecule has 1 amide bonds. The first-order valence-corrected chi connectivity index (χ1v) is 5.69. The zero-order valence-electron chi connectivity index (χ0n) is 10.1. The number of carbonyl (C=O) groups is 2. The number of carbonyl (C=O) groups excluding carboxylic acids is 1. The van der Waals surface area contributed by atoms with E-state index in [1.54, 1.807) is 12.2 Å². The maximum Gasteiger partial charge on any atom is 0.417 e. The number of halogens is 3. The quantitative estimate of drug-likeness (QED) is 0.849. The highest BCUT2D eigenvalue weighted by atomic mass is 19.4. The Morgan fingerprint density at radius 3 is 2.25 bits per heavy atom. The number of aromatic carboxylic acids is 1. The van der Waals surface area contributed by atoms with Crippen molar-refractivity contribution in [2.45, 2.75) is 6.18 Å². The van der Waals surface area contributed by atoms with Gasteiger partial charge < -0.3 is 10.0 Å². The summed E-state index contributed by atoms with van der Waals surface area (Å²) in [5, 5.41) is 8.74. The molecule has 0 fully saturated rings. The molecule has 1 aliphatic heterocycles. The van der Waals surface area contributed by atoms with Crippen LogP contribution in [0.4, 0.5) is 13.2 Å². The van der Waals surface area contributed by atoms with Gasteiger partial charge in [-0.25, -0.2) is 4.79 Å². The van der Waals surface area contributed by atoms with Crippen molar-refractivity contribution < 1.29 is 27.9 Å². The Balaban J connectivity index is 2.46. The van der Waals surface area contributed by atoms with Gasteiger partial charge in [0.1, 0.15) is 0 Å². The first-order chi connectivity index (χ1) is 9.30. The lowest BCUT2D eigenvalue weighted by molar-refractivity contribution is -0.138. The van der Waals surface area contributed by atoms with Crippen molar-refractivity contribution >= 4 is 11.9 Å². The van der Waals surface area contributed by atoms with E-state index >= 15 is 0 Å². The van der Waals surface area contributed by atoms with Crippen molar-refractivity contribution in [1.82, 2.24) is 4.90 Å². The van der Waals surface area contributed by atoms with E-state index in [0.717, 1.165) is 12.1 Å². The van der Waals surface area contributed by atoms with Gasteiger partial charge in [0.15, 0.2) is 0 Å². The number of rotatable bonds is 2. The summed E-state index contributed by atoms with van der Waals surface area (Å²) in [5.41, 5.74) is -2.27. The first-order valence-electron chi connectivity index (χ1n) is 5.69. The van der Waals surface area contributed by atoms with Crippen molar-refractivity contribution in [2.75, 3.05) is 13.1 Å². The molecule has 1 aliphatic rings. The molecular weight excluding hydrogens is 275 g/mol. The van der Waals surface area contributed by atoms with E-state index in [1.807, 2.05) is 0 Å². The van der Waals surface area contributed by atoms with Gasteiger partial charge in [0.2, 0.25) is 0 Å². The van der Waals surface area contributed by atoms with E-state index < -0.39 is 34.7 Å². The van der Waals surface area contributed by atoms with Crippen LogP contribution in [0.25, 0.3) is 0 Å². The summed E-state index contributed by atoms with van der Waals surface area (Å²) in [4.78, 5) is 24.0. The molecule has 0 radical (unpaired) electrons. The molecule has 1 aromatic rings. The fourth-order valence-corrected chi connectivity index (χ4v) is 1.91. The van der Waals surface area contributed by atoms with E-state index in [-0.39, 0.29) is 13.1 Å². The molecule has 7 heteroatoms. The molecule has 0 unspecified atom stereocenters. The fraction of sp³-hybridized carbons (Fsp3) is 0.231. The third-order valence-corrected chi connectivity index (χ3v) is 2.91. The summed E-state index contributed by atoms with van der Waals surface area (Å²) in [5.74, 6) is -2.24. The van der Waals surface area contributed by atoms with Crippen LogP contribution in [0.5, 0.6) is 0 Å². The number of carboxylic acids is 1. The van der Waals surface area contributed by atoms with Crippen LogP contribution in [0.15, 0.2) is 30.4 Å². The van der Waals surface area contributed by atoms with E-state index in [1.165, 1.54) is 4.90 Å². The molecule has 0 saturated heterocycles. The standard InChI is InChI=1S/C13H10F3NO3/c14-13(15,16)10-7-8(12(19)20)3-4-9(10)11(18)17-5-1-2-6-17/h1-4,7H,5-6H2,(H,19,20). The molecule has 0 spiro atoms. The van der Waals surface area contributed by atoms with Crippen LogP contribution in [0, 0.1) is 0 Å². The molecule has 1 aromatic carbocycles. The maximum absolute atomic E-state index is 13.0. The van der Waals surface area contributed by atoms with Crippen LogP contribution in [-0.4, -0.2) is 35.0 Å². The second kappa shape index (κ2) is 4.99. The molecular formula is C13H10F3NO3. The molecule has 2 rings (SSSR count). The van der Waals surface area contributed by atoms with Gasteiger partial charge in [-0.1, -0.05) is 12.2 Å². The zero-order chi connectivity index (χ0) is 14.9. The number of carboxylic acid groups (broad SMARTS) is 1. The number of alkyl halides is 3. The summed E-state index contributed by atoms with van der Waals surface area (Å²) in [7, 11) is 0. The SMILES string of the molecule is O=C(O)c1ccc(C(=O)N2CC=CC2)c(C(F)(F)F)c1. The predicted octanol–water partition coefficient (Wildman–Crippen LogP) is 2.42. The average Bonchev–Trinajstić information content (AvgIpc) is 2.90. The fourth-order valence-electron chi connectivity index (χ4n) is 1.91. The number of hydrogen-bond donors (Lipinski definition) is 1. The van der Waals surface area contributed by atoms with Crippen LogP contribution < -0.4 is 0 Å². The highest BCUT2D eigenvalue weighted by molar-refractivity contribution is 5.98. The Kier molecular flexibility index (Phi) is 3.52. The lowest BCUT2D eigenvalue weighted by Gasteiger charge is -2.19. The second-order valence-electron chi connectivity index (χ2n) is 4.24. The lowest BCUT2D eigenvalue weighted by Crippen LogP contribution is -2.30. The van der Waals surface area contributed by atoms with Crippen LogP contribution in [-0.2, 0) is 6.18 Å². The monoisotopic (exact) mass is 285 g/mol. The smallest absolute Gasteiger partial charge is 0.417 e. The topological polar surface area (TPSA) is 57.6 Å². The summed E-state index contributed by atoms with van der Waals surface area (Å²) >= 11 is 0. The number of nitrogens with zero attached hydrogens (tertiary/aromatic N) is 1. The summed E-state index contributed by atoms with van der Waals surface area (Å²) in [6.07, 6.45) is -1.43. The summed E-state index contributed by atoms with van der Waals surface area (Å²) in [6.45, 7) is 0.494. The van der Waals surface area contributed by atoms with Gasteiger partial charge in [0.25, 0.3) is 5.91 Å². The van der Waals surface area contributed by atoms with E-state index in [0.29, 0.717) is 6.07 Å².